The van der Waals surface area contributed by atoms with Crippen LogP contribution in [0, 0.1) is 17.8 Å². The first-order valence-electron chi connectivity index (χ1n) is 4.23. The van der Waals surface area contributed by atoms with Gasteiger partial charge < -0.3 is 9.84 Å². The number of carbonyl (C=O) groups excluding carboxylic acids is 1. The maximum absolute atomic E-state index is 11.3. The predicted molar refractivity (Wildman–Crippen MR) is 42.8 cm³/mol. The minimum atomic E-state index is -0.953. The van der Waals surface area contributed by atoms with Crippen LogP contribution < -0.4 is 0 Å². The highest BCUT2D eigenvalue weighted by Gasteiger charge is 2.49. The Morgan fingerprint density at radius 3 is 2.85 bits per heavy atom. The van der Waals surface area contributed by atoms with Gasteiger partial charge in [0.25, 0.3) is 0 Å². The maximum Gasteiger partial charge on any atom is 0.311 e. The van der Waals surface area contributed by atoms with Gasteiger partial charge in [0, 0.05) is 5.92 Å². The average molecular weight is 182 g/mol. The van der Waals surface area contributed by atoms with Crippen molar-refractivity contribution in [2.24, 2.45) is 17.8 Å². The molecule has 1 N–H and O–H groups in total. The molecule has 0 amide bonds. The summed E-state index contributed by atoms with van der Waals surface area (Å²) in [6.07, 6.45) is 3.01. The molecular weight excluding hydrogens is 172 g/mol. The summed E-state index contributed by atoms with van der Waals surface area (Å²) < 4.78 is 4.99. The minimum absolute atomic E-state index is 0.0152. The van der Waals surface area contributed by atoms with E-state index in [0.717, 1.165) is 0 Å². The van der Waals surface area contributed by atoms with Crippen LogP contribution in [0.1, 0.15) is 6.92 Å². The molecule has 1 saturated heterocycles. The van der Waals surface area contributed by atoms with E-state index < -0.39 is 17.8 Å². The first kappa shape index (κ1) is 8.29. The van der Waals surface area contributed by atoms with Gasteiger partial charge in [-0.25, -0.2) is 0 Å². The number of esters is 1. The highest BCUT2D eigenvalue weighted by molar-refractivity contribution is 5.85. The Labute approximate surface area is 75.2 Å². The van der Waals surface area contributed by atoms with E-state index in [1.807, 2.05) is 6.92 Å². The van der Waals surface area contributed by atoms with Gasteiger partial charge >= 0.3 is 11.9 Å². The lowest BCUT2D eigenvalue weighted by Crippen LogP contribution is -2.32. The van der Waals surface area contributed by atoms with Gasteiger partial charge in [0.05, 0.1) is 11.8 Å². The molecule has 0 radical (unpaired) electrons. The van der Waals surface area contributed by atoms with Crippen LogP contribution in [-0.2, 0) is 14.3 Å². The van der Waals surface area contributed by atoms with Crippen LogP contribution in [-0.4, -0.2) is 23.1 Å². The fourth-order valence-corrected chi connectivity index (χ4v) is 2.01. The number of carboxylic acid groups (broad SMARTS) is 1. The van der Waals surface area contributed by atoms with Gasteiger partial charge in [-0.2, -0.15) is 0 Å². The SMILES string of the molecule is C[C@@H]1[C@@H]2C(=O)O[C@H]1C=C[C@H]2C(=O)O. The molecule has 0 spiro atoms. The van der Waals surface area contributed by atoms with Crippen molar-refractivity contribution in [2.45, 2.75) is 13.0 Å². The molecule has 4 nitrogen and oxygen atoms in total. The summed E-state index contributed by atoms with van der Waals surface area (Å²) in [6, 6.07) is 0. The van der Waals surface area contributed by atoms with E-state index in [1.165, 1.54) is 0 Å². The van der Waals surface area contributed by atoms with E-state index in [-0.39, 0.29) is 18.0 Å². The zero-order chi connectivity index (χ0) is 9.59. The smallest absolute Gasteiger partial charge is 0.311 e. The number of hydrogen-bond acceptors (Lipinski definition) is 3. The molecule has 70 valence electrons. The standard InChI is InChI=1S/C9H10O4/c1-4-6-3-2-5(8(10)11)7(4)9(12)13-6/h2-7H,1H3,(H,10,11)/t4-,5+,6-,7-/m0/s1. The second-order valence-corrected chi connectivity index (χ2v) is 3.54. The molecule has 1 aliphatic carbocycles. The van der Waals surface area contributed by atoms with Crippen LogP contribution in [0.15, 0.2) is 12.2 Å². The van der Waals surface area contributed by atoms with Gasteiger partial charge in [-0.15, -0.1) is 0 Å². The molecule has 0 aromatic carbocycles. The Morgan fingerprint density at radius 2 is 2.23 bits per heavy atom. The molecule has 2 rings (SSSR count). The van der Waals surface area contributed by atoms with E-state index in [9.17, 15) is 9.59 Å². The molecule has 2 aliphatic rings. The minimum Gasteiger partial charge on any atom is -0.481 e. The number of aliphatic carboxylic acids is 1. The Hall–Kier alpha value is -1.32. The zero-order valence-electron chi connectivity index (χ0n) is 7.14. The second kappa shape index (κ2) is 2.58. The molecule has 0 aromatic heterocycles. The lowest BCUT2D eigenvalue weighted by molar-refractivity contribution is -0.150. The summed E-state index contributed by atoms with van der Waals surface area (Å²) in [5, 5.41) is 8.83. The van der Waals surface area contributed by atoms with Crippen molar-refractivity contribution >= 4 is 11.9 Å². The molecule has 4 atom stereocenters. The van der Waals surface area contributed by atoms with Crippen molar-refractivity contribution in [2.75, 3.05) is 0 Å². The van der Waals surface area contributed by atoms with E-state index in [2.05, 4.69) is 0 Å². The van der Waals surface area contributed by atoms with Gasteiger partial charge in [0.2, 0.25) is 0 Å². The maximum atomic E-state index is 11.3. The Kier molecular flexibility index (Phi) is 1.65. The summed E-state index contributed by atoms with van der Waals surface area (Å²) in [6.45, 7) is 1.85. The number of hydrogen-bond donors (Lipinski definition) is 1. The summed E-state index contributed by atoms with van der Waals surface area (Å²) in [5.41, 5.74) is 0. The van der Waals surface area contributed by atoms with E-state index in [1.54, 1.807) is 12.2 Å². The monoisotopic (exact) mass is 182 g/mol. The van der Waals surface area contributed by atoms with Gasteiger partial charge in [-0.1, -0.05) is 13.0 Å². The second-order valence-electron chi connectivity index (χ2n) is 3.54. The molecule has 0 unspecified atom stereocenters. The highest BCUT2D eigenvalue weighted by atomic mass is 16.6. The van der Waals surface area contributed by atoms with Crippen molar-refractivity contribution in [3.05, 3.63) is 12.2 Å². The van der Waals surface area contributed by atoms with Crippen molar-refractivity contribution < 1.29 is 19.4 Å². The Balaban J connectivity index is 2.35. The summed E-state index contributed by atoms with van der Waals surface area (Å²) >= 11 is 0. The number of carbonyl (C=O) groups is 2. The Bertz CT molecular complexity index is 294. The van der Waals surface area contributed by atoms with Gasteiger partial charge in [-0.3, -0.25) is 9.59 Å². The van der Waals surface area contributed by atoms with Crippen LogP contribution in [0.25, 0.3) is 0 Å². The average Bonchev–Trinajstić information content (AvgIpc) is 2.28. The molecule has 1 aliphatic heterocycles. The van der Waals surface area contributed by atoms with Crippen LogP contribution in [0.5, 0.6) is 0 Å². The largest absolute Gasteiger partial charge is 0.481 e. The summed E-state index contributed by atoms with van der Waals surface area (Å²) in [7, 11) is 0. The first-order chi connectivity index (χ1) is 6.11. The normalized spacial score (nSPS) is 41.8. The quantitative estimate of drug-likeness (QED) is 0.472. The van der Waals surface area contributed by atoms with Gasteiger partial charge in [-0.05, 0) is 6.08 Å². The van der Waals surface area contributed by atoms with E-state index in [0.29, 0.717) is 0 Å². The van der Waals surface area contributed by atoms with Crippen LogP contribution in [0.2, 0.25) is 0 Å². The zero-order valence-corrected chi connectivity index (χ0v) is 7.14. The fraction of sp³-hybridized carbons (Fsp3) is 0.556. The summed E-state index contributed by atoms with van der Waals surface area (Å²) in [5.74, 6) is -2.55. The third-order valence-electron chi connectivity index (χ3n) is 2.79. The number of ether oxygens (including phenoxy) is 1. The van der Waals surface area contributed by atoms with E-state index in [4.69, 9.17) is 9.84 Å². The van der Waals surface area contributed by atoms with Gasteiger partial charge in [0.1, 0.15) is 6.10 Å². The Morgan fingerprint density at radius 1 is 1.54 bits per heavy atom. The first-order valence-corrected chi connectivity index (χ1v) is 4.23. The van der Waals surface area contributed by atoms with Crippen molar-refractivity contribution in [1.29, 1.82) is 0 Å². The van der Waals surface area contributed by atoms with E-state index >= 15 is 0 Å². The molecule has 13 heavy (non-hydrogen) atoms. The molecule has 4 heteroatoms. The fourth-order valence-electron chi connectivity index (χ4n) is 2.01. The van der Waals surface area contributed by atoms with Crippen LogP contribution in [0.3, 0.4) is 0 Å². The topological polar surface area (TPSA) is 63.6 Å². The lowest BCUT2D eigenvalue weighted by Gasteiger charge is -2.21. The third kappa shape index (κ3) is 1.05. The highest BCUT2D eigenvalue weighted by Crippen LogP contribution is 2.38. The molecular formula is C9H10O4. The number of carboxylic acids is 1. The predicted octanol–water partition coefficient (Wildman–Crippen LogP) is 0.435. The number of fused-ring (bicyclic) bond motifs is 2. The van der Waals surface area contributed by atoms with Gasteiger partial charge in [0.15, 0.2) is 0 Å². The molecule has 0 saturated carbocycles. The summed E-state index contributed by atoms with van der Waals surface area (Å²) in [4.78, 5) is 22.0. The molecule has 1 heterocycles. The van der Waals surface area contributed by atoms with Crippen molar-refractivity contribution in [3.63, 3.8) is 0 Å². The number of rotatable bonds is 1. The molecule has 1 fully saturated rings. The van der Waals surface area contributed by atoms with Crippen LogP contribution in [0.4, 0.5) is 0 Å². The lowest BCUT2D eigenvalue weighted by atomic mass is 9.78. The van der Waals surface area contributed by atoms with Crippen molar-refractivity contribution in [1.82, 2.24) is 0 Å². The molecule has 0 aromatic rings. The third-order valence-corrected chi connectivity index (χ3v) is 2.79. The van der Waals surface area contributed by atoms with Crippen LogP contribution >= 0.6 is 0 Å². The van der Waals surface area contributed by atoms with Crippen molar-refractivity contribution in [3.8, 4) is 0 Å². The molecule has 2 bridgehead atoms.